The third-order valence-corrected chi connectivity index (χ3v) is 5.56. The molecule has 0 saturated carbocycles. The number of nitrogens with zero attached hydrogens (tertiary/aromatic N) is 2. The molecule has 1 aliphatic heterocycles. The van der Waals surface area contributed by atoms with Crippen LogP contribution in [0.1, 0.15) is 0 Å². The molecule has 2 aromatic heterocycles. The van der Waals surface area contributed by atoms with Crippen molar-refractivity contribution in [3.63, 3.8) is 0 Å². The van der Waals surface area contributed by atoms with Crippen molar-refractivity contribution in [1.29, 1.82) is 0 Å². The second kappa shape index (κ2) is 3.17. The normalized spacial score (nSPS) is 12.4. The average molecular weight is 257 g/mol. The molecule has 3 heterocycles. The van der Waals surface area contributed by atoms with Gasteiger partial charge in [0, 0.05) is 0 Å². The third-order valence-electron chi connectivity index (χ3n) is 2.76. The summed E-state index contributed by atoms with van der Waals surface area (Å²) in [6.07, 6.45) is 8.81. The number of pyridine rings is 2. The predicted molar refractivity (Wildman–Crippen MR) is 59.3 cm³/mol. The van der Waals surface area contributed by atoms with E-state index in [1.165, 1.54) is 11.1 Å². The summed E-state index contributed by atoms with van der Waals surface area (Å²) in [6, 6.07) is 4.48. The van der Waals surface area contributed by atoms with Crippen molar-refractivity contribution in [3.05, 3.63) is 36.9 Å². The first kappa shape index (κ1) is 9.10. The Morgan fingerprint density at radius 3 is 1.80 bits per heavy atom. The number of aryl methyl sites for hydroxylation is 2. The van der Waals surface area contributed by atoms with Gasteiger partial charge in [-0.25, -0.2) is 0 Å². The molecule has 3 heteroatoms. The first-order chi connectivity index (χ1) is 7.24. The van der Waals surface area contributed by atoms with Crippen molar-refractivity contribution < 1.29 is 9.13 Å². The third kappa shape index (κ3) is 1.40. The van der Waals surface area contributed by atoms with Crippen LogP contribution in [0.15, 0.2) is 36.9 Å². The van der Waals surface area contributed by atoms with Crippen LogP contribution in [0, 0.1) is 0 Å². The molecule has 0 aromatic carbocycles. The molecule has 0 aliphatic carbocycles. The maximum absolute atomic E-state index is 2.27. The Balaban J connectivity index is 2.24. The van der Waals surface area contributed by atoms with Gasteiger partial charge in [0.2, 0.25) is 0 Å². The van der Waals surface area contributed by atoms with Crippen LogP contribution in [0.5, 0.6) is 0 Å². The zero-order valence-electron chi connectivity index (χ0n) is 8.86. The molecule has 3 rings (SSSR count). The predicted octanol–water partition coefficient (Wildman–Crippen LogP) is -1.03. The van der Waals surface area contributed by atoms with Gasteiger partial charge in [-0.15, -0.1) is 0 Å². The minimum atomic E-state index is -0.114. The van der Waals surface area contributed by atoms with Crippen LogP contribution in [0.4, 0.5) is 0 Å². The standard InChI is InChI=1S/C12H12GeN2/c1-14-5-3-9-10-4-6-15(2)8-12(10)13-11(9)7-14/h3-8H,1-2H3/q+2. The maximum atomic E-state index is 2.27. The Morgan fingerprint density at radius 1 is 0.867 bits per heavy atom. The second-order valence-electron chi connectivity index (χ2n) is 4.00. The van der Waals surface area contributed by atoms with E-state index in [-0.39, 0.29) is 15.4 Å². The number of rotatable bonds is 0. The van der Waals surface area contributed by atoms with Crippen LogP contribution in [0.25, 0.3) is 11.1 Å². The molecular weight excluding hydrogens is 245 g/mol. The first-order valence-corrected chi connectivity index (χ1v) is 7.10. The quantitative estimate of drug-likeness (QED) is 0.359. The Kier molecular flexibility index (Phi) is 1.92. The minimum absolute atomic E-state index is 0.114. The molecule has 15 heavy (non-hydrogen) atoms. The molecule has 72 valence electrons. The van der Waals surface area contributed by atoms with E-state index in [2.05, 4.69) is 60.1 Å². The monoisotopic (exact) mass is 258 g/mol. The summed E-state index contributed by atoms with van der Waals surface area (Å²) in [5.41, 5.74) is 2.90. The summed E-state index contributed by atoms with van der Waals surface area (Å²) in [5, 5.41) is 0. The van der Waals surface area contributed by atoms with Crippen LogP contribution in [0.2, 0.25) is 0 Å². The van der Waals surface area contributed by atoms with E-state index in [4.69, 9.17) is 0 Å². The van der Waals surface area contributed by atoms with Gasteiger partial charge >= 0.3 is 95.5 Å². The van der Waals surface area contributed by atoms with Gasteiger partial charge in [0.1, 0.15) is 0 Å². The van der Waals surface area contributed by atoms with E-state index >= 15 is 0 Å². The number of aromatic nitrogens is 2. The van der Waals surface area contributed by atoms with E-state index in [0.29, 0.717) is 0 Å². The molecule has 2 nitrogen and oxygen atoms in total. The van der Waals surface area contributed by atoms with Crippen molar-refractivity contribution in [2.75, 3.05) is 0 Å². The van der Waals surface area contributed by atoms with E-state index in [1.807, 2.05) is 0 Å². The summed E-state index contributed by atoms with van der Waals surface area (Å²) >= 11 is -0.114. The van der Waals surface area contributed by atoms with Gasteiger partial charge in [0.15, 0.2) is 0 Å². The van der Waals surface area contributed by atoms with Gasteiger partial charge in [-0.3, -0.25) is 0 Å². The number of hydrogen-bond donors (Lipinski definition) is 0. The second-order valence-corrected chi connectivity index (χ2v) is 6.79. The van der Waals surface area contributed by atoms with E-state index in [0.717, 1.165) is 0 Å². The van der Waals surface area contributed by atoms with Crippen molar-refractivity contribution in [3.8, 4) is 11.1 Å². The molecule has 0 amide bonds. The van der Waals surface area contributed by atoms with Crippen LogP contribution < -0.4 is 17.9 Å². The van der Waals surface area contributed by atoms with Crippen LogP contribution in [-0.4, -0.2) is 15.4 Å². The van der Waals surface area contributed by atoms with E-state index < -0.39 is 0 Å². The summed E-state index contributed by atoms with van der Waals surface area (Å²) in [5.74, 6) is 0. The van der Waals surface area contributed by atoms with Crippen LogP contribution in [0.3, 0.4) is 0 Å². The molecular formula is C12H12GeN2+2. The topological polar surface area (TPSA) is 7.76 Å². The number of hydrogen-bond acceptors (Lipinski definition) is 0. The van der Waals surface area contributed by atoms with Crippen molar-refractivity contribution in [2.45, 2.75) is 0 Å². The van der Waals surface area contributed by atoms with Crippen LogP contribution in [-0.2, 0) is 14.1 Å². The van der Waals surface area contributed by atoms with E-state index in [9.17, 15) is 0 Å². The fourth-order valence-electron chi connectivity index (χ4n) is 2.01. The Bertz CT molecular complexity index is 500. The fraction of sp³-hybridized carbons (Fsp3) is 0.167. The van der Waals surface area contributed by atoms with Crippen molar-refractivity contribution in [2.24, 2.45) is 14.1 Å². The molecule has 0 fully saturated rings. The molecule has 1 aliphatic rings. The Morgan fingerprint density at radius 2 is 1.33 bits per heavy atom. The van der Waals surface area contributed by atoms with Gasteiger partial charge in [0.25, 0.3) is 0 Å². The molecule has 2 aromatic rings. The molecule has 0 bridgehead atoms. The zero-order valence-corrected chi connectivity index (χ0v) is 11.0. The molecule has 0 unspecified atom stereocenters. The Labute approximate surface area is 95.7 Å². The molecule has 0 N–H and O–H groups in total. The zero-order chi connectivity index (χ0) is 10.4. The SMILES string of the molecule is C[n+]1ccc2[c](c1)[Ge][c]1c[n+](C)ccc1-2. The van der Waals surface area contributed by atoms with Gasteiger partial charge < -0.3 is 0 Å². The first-order valence-electron chi connectivity index (χ1n) is 5.00. The van der Waals surface area contributed by atoms with Crippen molar-refractivity contribution >= 4 is 24.2 Å². The summed E-state index contributed by atoms with van der Waals surface area (Å²) in [6.45, 7) is 0. The van der Waals surface area contributed by atoms with Gasteiger partial charge in [-0.1, -0.05) is 0 Å². The summed E-state index contributed by atoms with van der Waals surface area (Å²) in [4.78, 5) is 0. The van der Waals surface area contributed by atoms with Crippen molar-refractivity contribution in [1.82, 2.24) is 0 Å². The van der Waals surface area contributed by atoms with E-state index in [1.54, 1.807) is 8.79 Å². The molecule has 0 atom stereocenters. The number of fused-ring (bicyclic) bond motifs is 3. The molecule has 0 spiro atoms. The molecule has 0 saturated heterocycles. The summed E-state index contributed by atoms with van der Waals surface area (Å²) in [7, 11) is 4.19. The van der Waals surface area contributed by atoms with Gasteiger partial charge in [-0.05, 0) is 0 Å². The van der Waals surface area contributed by atoms with Gasteiger partial charge in [0.05, 0.1) is 0 Å². The van der Waals surface area contributed by atoms with Crippen LogP contribution >= 0.6 is 0 Å². The average Bonchev–Trinajstić information content (AvgIpc) is 2.53. The Hall–Kier alpha value is -1.16. The van der Waals surface area contributed by atoms with Gasteiger partial charge in [-0.2, -0.15) is 0 Å². The molecule has 2 radical (unpaired) electrons. The summed E-state index contributed by atoms with van der Waals surface area (Å²) < 4.78 is 7.41. The fourth-order valence-corrected chi connectivity index (χ4v) is 5.22.